The number of rotatable bonds is 2. The maximum Gasteiger partial charge on any atom is 0.290 e. The Labute approximate surface area is 122 Å². The van der Waals surface area contributed by atoms with Crippen molar-refractivity contribution in [3.05, 3.63) is 42.1 Å². The molecule has 2 aromatic heterocycles. The molecule has 0 bridgehead atoms. The second-order valence-electron chi connectivity index (χ2n) is 4.96. The lowest BCUT2D eigenvalue weighted by molar-refractivity contribution is -0.0251. The number of hydrogen-bond donors (Lipinski definition) is 1. The monoisotopic (exact) mass is 287 g/mol. The highest BCUT2D eigenvalue weighted by atomic mass is 16.5. The third kappa shape index (κ3) is 2.73. The second-order valence-corrected chi connectivity index (χ2v) is 4.96. The molecule has 110 valence electrons. The first-order chi connectivity index (χ1) is 10.1. The number of imidazole rings is 1. The summed E-state index contributed by atoms with van der Waals surface area (Å²) < 4.78 is 7.42. The van der Waals surface area contributed by atoms with Crippen LogP contribution in [-0.2, 0) is 11.8 Å². The van der Waals surface area contributed by atoms with Crippen LogP contribution in [0.25, 0.3) is 0 Å². The van der Waals surface area contributed by atoms with E-state index in [-0.39, 0.29) is 12.0 Å². The predicted molar refractivity (Wildman–Crippen MR) is 76.5 cm³/mol. The summed E-state index contributed by atoms with van der Waals surface area (Å²) in [6.45, 7) is 1.46. The standard InChI is InChI=1S/C14H17N5O2/c1-18-6-5-16-13(18)14(20)19-7-8-21-11(9-19)10-3-2-4-12(15)17-10/h2-6,11H,7-9H2,1H3,(H2,15,17)/t11-/m0/s1. The van der Waals surface area contributed by atoms with Crippen molar-refractivity contribution in [2.75, 3.05) is 25.4 Å². The van der Waals surface area contributed by atoms with E-state index >= 15 is 0 Å². The van der Waals surface area contributed by atoms with Crippen molar-refractivity contribution >= 4 is 11.7 Å². The van der Waals surface area contributed by atoms with Gasteiger partial charge in [0.05, 0.1) is 18.8 Å². The molecule has 7 nitrogen and oxygen atoms in total. The molecule has 0 spiro atoms. The summed E-state index contributed by atoms with van der Waals surface area (Å²) in [6, 6.07) is 5.42. The molecule has 2 aromatic rings. The third-order valence-electron chi connectivity index (χ3n) is 3.49. The van der Waals surface area contributed by atoms with Crippen molar-refractivity contribution in [2.45, 2.75) is 6.10 Å². The summed E-state index contributed by atoms with van der Waals surface area (Å²) in [7, 11) is 1.80. The molecule has 0 aromatic carbocycles. The maximum atomic E-state index is 12.5. The lowest BCUT2D eigenvalue weighted by atomic mass is 10.2. The number of carbonyl (C=O) groups excluding carboxylic acids is 1. The maximum absolute atomic E-state index is 12.5. The first-order valence-corrected chi connectivity index (χ1v) is 6.76. The van der Waals surface area contributed by atoms with Crippen LogP contribution in [-0.4, -0.2) is 45.0 Å². The highest BCUT2D eigenvalue weighted by molar-refractivity contribution is 5.90. The third-order valence-corrected chi connectivity index (χ3v) is 3.49. The van der Waals surface area contributed by atoms with Crippen LogP contribution in [0.2, 0.25) is 0 Å². The van der Waals surface area contributed by atoms with Gasteiger partial charge < -0.3 is 19.9 Å². The van der Waals surface area contributed by atoms with E-state index in [4.69, 9.17) is 10.5 Å². The fourth-order valence-corrected chi connectivity index (χ4v) is 2.37. The van der Waals surface area contributed by atoms with E-state index in [1.807, 2.05) is 12.1 Å². The summed E-state index contributed by atoms with van der Waals surface area (Å²) >= 11 is 0. The van der Waals surface area contributed by atoms with Crippen LogP contribution in [0.3, 0.4) is 0 Å². The first-order valence-electron chi connectivity index (χ1n) is 6.76. The summed E-state index contributed by atoms with van der Waals surface area (Å²) in [5.41, 5.74) is 6.44. The molecule has 0 radical (unpaired) electrons. The van der Waals surface area contributed by atoms with Gasteiger partial charge >= 0.3 is 0 Å². The minimum absolute atomic E-state index is 0.0975. The van der Waals surface area contributed by atoms with Crippen molar-refractivity contribution in [3.63, 3.8) is 0 Å². The Balaban J connectivity index is 1.77. The Hall–Kier alpha value is -2.41. The highest BCUT2D eigenvalue weighted by Gasteiger charge is 2.28. The van der Waals surface area contributed by atoms with Gasteiger partial charge in [-0.25, -0.2) is 9.97 Å². The van der Waals surface area contributed by atoms with Gasteiger partial charge in [0.25, 0.3) is 5.91 Å². The summed E-state index contributed by atoms with van der Waals surface area (Å²) in [5, 5.41) is 0. The molecule has 0 unspecified atom stereocenters. The topological polar surface area (TPSA) is 86.3 Å². The molecule has 1 atom stereocenters. The smallest absolute Gasteiger partial charge is 0.290 e. The Kier molecular flexibility index (Phi) is 3.57. The normalized spacial score (nSPS) is 18.7. The van der Waals surface area contributed by atoms with Gasteiger partial charge in [0.15, 0.2) is 5.82 Å². The molecule has 1 fully saturated rings. The Morgan fingerprint density at radius 3 is 3.05 bits per heavy atom. The second kappa shape index (κ2) is 5.53. The quantitative estimate of drug-likeness (QED) is 0.874. The summed E-state index contributed by atoms with van der Waals surface area (Å²) in [5.74, 6) is 0.777. The zero-order valence-electron chi connectivity index (χ0n) is 11.8. The number of nitrogens with zero attached hydrogens (tertiary/aromatic N) is 4. The molecule has 1 saturated heterocycles. The Bertz CT molecular complexity index is 654. The Morgan fingerprint density at radius 1 is 1.48 bits per heavy atom. The van der Waals surface area contributed by atoms with E-state index in [9.17, 15) is 4.79 Å². The number of hydrogen-bond acceptors (Lipinski definition) is 5. The van der Waals surface area contributed by atoms with Crippen molar-refractivity contribution in [1.29, 1.82) is 0 Å². The molecule has 1 amide bonds. The van der Waals surface area contributed by atoms with Crippen molar-refractivity contribution in [2.24, 2.45) is 7.05 Å². The van der Waals surface area contributed by atoms with E-state index in [2.05, 4.69) is 9.97 Å². The minimum atomic E-state index is -0.258. The molecular formula is C14H17N5O2. The molecule has 0 aliphatic carbocycles. The van der Waals surface area contributed by atoms with Crippen LogP contribution in [0.5, 0.6) is 0 Å². The van der Waals surface area contributed by atoms with Crippen LogP contribution in [0.15, 0.2) is 30.6 Å². The van der Waals surface area contributed by atoms with Gasteiger partial charge in [0.1, 0.15) is 11.9 Å². The zero-order chi connectivity index (χ0) is 14.8. The summed E-state index contributed by atoms with van der Waals surface area (Å²) in [4.78, 5) is 22.6. The van der Waals surface area contributed by atoms with Gasteiger partial charge in [0, 0.05) is 26.0 Å². The van der Waals surface area contributed by atoms with E-state index < -0.39 is 0 Å². The van der Waals surface area contributed by atoms with Gasteiger partial charge in [-0.15, -0.1) is 0 Å². The van der Waals surface area contributed by atoms with Crippen LogP contribution in [0, 0.1) is 0 Å². The van der Waals surface area contributed by atoms with E-state index in [0.717, 1.165) is 5.69 Å². The number of aryl methyl sites for hydroxylation is 1. The Morgan fingerprint density at radius 2 is 2.33 bits per heavy atom. The molecule has 7 heteroatoms. The average molecular weight is 287 g/mol. The molecule has 3 rings (SSSR count). The fourth-order valence-electron chi connectivity index (χ4n) is 2.37. The van der Waals surface area contributed by atoms with Crippen molar-refractivity contribution in [3.8, 4) is 0 Å². The SMILES string of the molecule is Cn1ccnc1C(=O)N1CCO[C@H](c2cccc(N)n2)C1. The number of carbonyl (C=O) groups is 1. The van der Waals surface area contributed by atoms with Gasteiger partial charge in [-0.1, -0.05) is 6.07 Å². The largest absolute Gasteiger partial charge is 0.384 e. The number of pyridine rings is 1. The molecule has 1 aliphatic rings. The number of nitrogens with two attached hydrogens (primary N) is 1. The number of nitrogen functional groups attached to an aromatic ring is 1. The molecule has 3 heterocycles. The number of amides is 1. The number of anilines is 1. The minimum Gasteiger partial charge on any atom is -0.384 e. The van der Waals surface area contributed by atoms with Gasteiger partial charge in [-0.3, -0.25) is 4.79 Å². The van der Waals surface area contributed by atoms with Crippen LogP contribution < -0.4 is 5.73 Å². The van der Waals surface area contributed by atoms with Crippen molar-refractivity contribution in [1.82, 2.24) is 19.4 Å². The lowest BCUT2D eigenvalue weighted by Crippen LogP contribution is -2.43. The summed E-state index contributed by atoms with van der Waals surface area (Å²) in [6.07, 6.45) is 3.11. The number of morpholine rings is 1. The van der Waals surface area contributed by atoms with Crippen LogP contribution in [0.4, 0.5) is 5.82 Å². The fraction of sp³-hybridized carbons (Fsp3) is 0.357. The van der Waals surface area contributed by atoms with Gasteiger partial charge in [0.2, 0.25) is 0 Å². The number of aromatic nitrogens is 3. The van der Waals surface area contributed by atoms with E-state index in [1.54, 1.807) is 35.0 Å². The lowest BCUT2D eigenvalue weighted by Gasteiger charge is -2.32. The molecule has 0 saturated carbocycles. The van der Waals surface area contributed by atoms with Crippen molar-refractivity contribution < 1.29 is 9.53 Å². The molecule has 21 heavy (non-hydrogen) atoms. The van der Waals surface area contributed by atoms with Crippen LogP contribution in [0.1, 0.15) is 22.4 Å². The highest BCUT2D eigenvalue weighted by Crippen LogP contribution is 2.22. The van der Waals surface area contributed by atoms with Gasteiger partial charge in [-0.05, 0) is 12.1 Å². The van der Waals surface area contributed by atoms with E-state index in [1.165, 1.54) is 0 Å². The van der Waals surface area contributed by atoms with E-state index in [0.29, 0.717) is 31.3 Å². The average Bonchev–Trinajstić information content (AvgIpc) is 2.93. The van der Waals surface area contributed by atoms with Crippen LogP contribution >= 0.6 is 0 Å². The molecule has 2 N–H and O–H groups in total. The number of ether oxygens (including phenoxy) is 1. The first kappa shape index (κ1) is 13.6. The molecular weight excluding hydrogens is 270 g/mol. The zero-order valence-corrected chi connectivity index (χ0v) is 11.8. The van der Waals surface area contributed by atoms with Gasteiger partial charge in [-0.2, -0.15) is 0 Å². The predicted octanol–water partition coefficient (Wildman–Crippen LogP) is 0.611. The molecule has 1 aliphatic heterocycles.